The smallest absolute Gasteiger partial charge is 0.275 e. The minimum atomic E-state index is -0.0550. The molecular formula is C28H34N8O2. The van der Waals surface area contributed by atoms with E-state index in [-0.39, 0.29) is 11.6 Å². The number of morpholine rings is 1. The summed E-state index contributed by atoms with van der Waals surface area (Å²) in [4.78, 5) is 26.9. The van der Waals surface area contributed by atoms with Crippen LogP contribution in [0.5, 0.6) is 0 Å². The van der Waals surface area contributed by atoms with Gasteiger partial charge in [-0.2, -0.15) is 5.10 Å². The van der Waals surface area contributed by atoms with E-state index in [1.54, 1.807) is 11.6 Å². The normalized spacial score (nSPS) is 17.0. The second kappa shape index (κ2) is 9.85. The molecule has 4 aromatic rings. The third kappa shape index (κ3) is 4.43. The van der Waals surface area contributed by atoms with Crippen LogP contribution < -0.4 is 15.8 Å². The van der Waals surface area contributed by atoms with Crippen LogP contribution in [0.1, 0.15) is 30.0 Å². The molecule has 6 rings (SSSR count). The molecule has 0 unspecified atom stereocenters. The Morgan fingerprint density at radius 3 is 2.55 bits per heavy atom. The van der Waals surface area contributed by atoms with Crippen molar-refractivity contribution < 1.29 is 4.74 Å². The zero-order valence-electron chi connectivity index (χ0n) is 22.4. The van der Waals surface area contributed by atoms with Gasteiger partial charge in [0.15, 0.2) is 0 Å². The van der Waals surface area contributed by atoms with Gasteiger partial charge in [0.2, 0.25) is 0 Å². The van der Waals surface area contributed by atoms with Crippen molar-refractivity contribution in [3.8, 4) is 11.1 Å². The Morgan fingerprint density at radius 2 is 1.79 bits per heavy atom. The number of pyridine rings is 1. The Hall–Kier alpha value is -3.76. The average Bonchev–Trinajstić information content (AvgIpc) is 3.34. The number of likely N-dealkylation sites (N-methyl/N-ethyl adjacent to an activating group) is 1. The SMILES string of the molecule is Cc1nc(N[C@H](C)c2ccc(-c3cnn4c3CN(C)CC4)cc2)c2cc(N3CCOCC3)c(=O)n(C)c2n1. The highest BCUT2D eigenvalue weighted by atomic mass is 16.5. The van der Waals surface area contributed by atoms with Gasteiger partial charge in [-0.1, -0.05) is 24.3 Å². The number of fused-ring (bicyclic) bond motifs is 2. The van der Waals surface area contributed by atoms with E-state index in [4.69, 9.17) is 9.72 Å². The molecule has 0 saturated carbocycles. The van der Waals surface area contributed by atoms with Crippen molar-refractivity contribution in [1.29, 1.82) is 0 Å². The largest absolute Gasteiger partial charge is 0.378 e. The number of anilines is 2. The number of nitrogens with zero attached hydrogens (tertiary/aromatic N) is 7. The molecule has 10 heteroatoms. The lowest BCUT2D eigenvalue weighted by molar-refractivity contribution is 0.122. The Bertz CT molecular complexity index is 1540. The molecule has 2 aliphatic rings. The van der Waals surface area contributed by atoms with Crippen LogP contribution >= 0.6 is 0 Å². The third-order valence-corrected chi connectivity index (χ3v) is 7.65. The van der Waals surface area contributed by atoms with Gasteiger partial charge in [0, 0.05) is 44.8 Å². The molecule has 1 saturated heterocycles. The van der Waals surface area contributed by atoms with E-state index in [0.29, 0.717) is 43.5 Å². The molecule has 3 aromatic heterocycles. The summed E-state index contributed by atoms with van der Waals surface area (Å²) in [6.45, 7) is 9.45. The molecule has 1 atom stereocenters. The molecule has 0 spiro atoms. The predicted molar refractivity (Wildman–Crippen MR) is 149 cm³/mol. The maximum absolute atomic E-state index is 13.2. The summed E-state index contributed by atoms with van der Waals surface area (Å²) in [6, 6.07) is 10.6. The van der Waals surface area contributed by atoms with Gasteiger partial charge in [-0.05, 0) is 38.1 Å². The van der Waals surface area contributed by atoms with Crippen molar-refractivity contribution in [3.63, 3.8) is 0 Å². The van der Waals surface area contributed by atoms with Gasteiger partial charge < -0.3 is 15.0 Å². The molecule has 0 bridgehead atoms. The van der Waals surface area contributed by atoms with Crippen LogP contribution in [-0.2, 0) is 24.9 Å². The van der Waals surface area contributed by atoms with E-state index in [1.807, 2.05) is 19.2 Å². The van der Waals surface area contributed by atoms with Crippen LogP contribution in [0.15, 0.2) is 41.3 Å². The van der Waals surface area contributed by atoms with E-state index in [2.05, 4.69) is 68.1 Å². The number of ether oxygens (including phenoxy) is 1. The van der Waals surface area contributed by atoms with Gasteiger partial charge in [0.1, 0.15) is 23.0 Å². The van der Waals surface area contributed by atoms with Crippen molar-refractivity contribution in [2.45, 2.75) is 33.0 Å². The molecule has 0 amide bonds. The van der Waals surface area contributed by atoms with Crippen molar-refractivity contribution in [2.24, 2.45) is 7.05 Å². The minimum absolute atomic E-state index is 0.00201. The lowest BCUT2D eigenvalue weighted by atomic mass is 10.0. The van der Waals surface area contributed by atoms with Crippen molar-refractivity contribution in [1.82, 2.24) is 29.2 Å². The average molecular weight is 515 g/mol. The zero-order valence-corrected chi connectivity index (χ0v) is 22.4. The van der Waals surface area contributed by atoms with Crippen LogP contribution in [-0.4, -0.2) is 69.1 Å². The Morgan fingerprint density at radius 1 is 1.03 bits per heavy atom. The first-order valence-corrected chi connectivity index (χ1v) is 13.2. The number of aryl methyl sites for hydroxylation is 2. The highest BCUT2D eigenvalue weighted by Gasteiger charge is 2.21. The summed E-state index contributed by atoms with van der Waals surface area (Å²) in [5.41, 5.74) is 6.01. The number of aromatic nitrogens is 5. The molecule has 5 heterocycles. The van der Waals surface area contributed by atoms with E-state index >= 15 is 0 Å². The van der Waals surface area contributed by atoms with Gasteiger partial charge >= 0.3 is 0 Å². The van der Waals surface area contributed by atoms with E-state index < -0.39 is 0 Å². The number of benzene rings is 1. The van der Waals surface area contributed by atoms with Crippen LogP contribution in [0.4, 0.5) is 11.5 Å². The summed E-state index contributed by atoms with van der Waals surface area (Å²) in [6.07, 6.45) is 1.98. The first kappa shape index (κ1) is 24.6. The summed E-state index contributed by atoms with van der Waals surface area (Å²) >= 11 is 0. The number of hydrogen-bond acceptors (Lipinski definition) is 8. The summed E-state index contributed by atoms with van der Waals surface area (Å²) in [7, 11) is 3.93. The van der Waals surface area contributed by atoms with Crippen molar-refractivity contribution in [2.75, 3.05) is 50.1 Å². The Balaban J connectivity index is 1.30. The maximum Gasteiger partial charge on any atom is 0.275 e. The second-order valence-corrected chi connectivity index (χ2v) is 10.3. The molecule has 2 aliphatic heterocycles. The lowest BCUT2D eigenvalue weighted by Crippen LogP contribution is -2.40. The van der Waals surface area contributed by atoms with Crippen LogP contribution in [0, 0.1) is 6.92 Å². The van der Waals surface area contributed by atoms with Gasteiger partial charge in [0.05, 0.1) is 37.0 Å². The molecule has 10 nitrogen and oxygen atoms in total. The fourth-order valence-corrected chi connectivity index (χ4v) is 5.41. The summed E-state index contributed by atoms with van der Waals surface area (Å²) in [5, 5.41) is 9.03. The van der Waals surface area contributed by atoms with E-state index in [0.717, 1.165) is 36.4 Å². The second-order valence-electron chi connectivity index (χ2n) is 10.3. The highest BCUT2D eigenvalue weighted by Crippen LogP contribution is 2.30. The highest BCUT2D eigenvalue weighted by molar-refractivity contribution is 5.89. The molecule has 0 radical (unpaired) electrons. The monoisotopic (exact) mass is 514 g/mol. The number of hydrogen-bond donors (Lipinski definition) is 1. The number of rotatable bonds is 5. The molecule has 0 aliphatic carbocycles. The van der Waals surface area contributed by atoms with Crippen LogP contribution in [0.3, 0.4) is 0 Å². The molecule has 1 N–H and O–H groups in total. The topological polar surface area (TPSA) is 93.3 Å². The molecule has 1 fully saturated rings. The first-order valence-electron chi connectivity index (χ1n) is 13.2. The zero-order chi connectivity index (χ0) is 26.4. The molecule has 198 valence electrons. The van der Waals surface area contributed by atoms with Crippen LogP contribution in [0.25, 0.3) is 22.2 Å². The first-order chi connectivity index (χ1) is 18.4. The Labute approximate surface area is 221 Å². The third-order valence-electron chi connectivity index (χ3n) is 7.65. The van der Waals surface area contributed by atoms with Gasteiger partial charge in [-0.15, -0.1) is 0 Å². The van der Waals surface area contributed by atoms with E-state index in [9.17, 15) is 4.79 Å². The van der Waals surface area contributed by atoms with Crippen LogP contribution in [0.2, 0.25) is 0 Å². The molecule has 38 heavy (non-hydrogen) atoms. The standard InChI is InChI=1S/C28H34N8O2/c1-18(20-5-7-21(8-6-20)23-16-29-36-10-9-33(3)17-25(23)36)30-26-22-15-24(35-11-13-38-14-12-35)28(37)34(4)27(22)32-19(2)31-26/h5-8,15-16,18H,9-14,17H2,1-4H3,(H,30,31,32)/t18-/m1/s1. The maximum atomic E-state index is 13.2. The fraction of sp³-hybridized carbons (Fsp3) is 0.429. The van der Waals surface area contributed by atoms with Gasteiger partial charge in [0.25, 0.3) is 5.56 Å². The molecule has 1 aromatic carbocycles. The predicted octanol–water partition coefficient (Wildman–Crippen LogP) is 2.96. The number of nitrogens with one attached hydrogen (secondary N) is 1. The quantitative estimate of drug-likeness (QED) is 0.435. The van der Waals surface area contributed by atoms with Crippen molar-refractivity contribution in [3.05, 3.63) is 64.0 Å². The minimum Gasteiger partial charge on any atom is -0.378 e. The summed E-state index contributed by atoms with van der Waals surface area (Å²) < 4.78 is 9.24. The lowest BCUT2D eigenvalue weighted by Gasteiger charge is -2.29. The van der Waals surface area contributed by atoms with Gasteiger partial charge in [-0.3, -0.25) is 18.9 Å². The van der Waals surface area contributed by atoms with E-state index in [1.165, 1.54) is 16.8 Å². The Kier molecular flexibility index (Phi) is 6.37. The molecular weight excluding hydrogens is 480 g/mol. The fourth-order valence-electron chi connectivity index (χ4n) is 5.41. The summed E-state index contributed by atoms with van der Waals surface area (Å²) in [5.74, 6) is 1.34. The van der Waals surface area contributed by atoms with Gasteiger partial charge in [-0.25, -0.2) is 9.97 Å². The van der Waals surface area contributed by atoms with Crippen molar-refractivity contribution >= 4 is 22.5 Å².